The van der Waals surface area contributed by atoms with Gasteiger partial charge in [-0.3, -0.25) is 4.79 Å². The minimum atomic E-state index is -0.674. The molecule has 0 saturated heterocycles. The van der Waals surface area contributed by atoms with Crippen LogP contribution in [-0.2, 0) is 9.53 Å². The molecule has 0 spiro atoms. The third-order valence-corrected chi connectivity index (χ3v) is 2.04. The van der Waals surface area contributed by atoms with E-state index in [9.17, 15) is 9.90 Å². The Hall–Kier alpha value is -0.650. The highest BCUT2D eigenvalue weighted by Crippen LogP contribution is 2.20. The monoisotopic (exact) mass is 232 g/mol. The lowest BCUT2D eigenvalue weighted by molar-refractivity contribution is -0.124. The van der Waals surface area contributed by atoms with Crippen molar-refractivity contribution in [2.75, 3.05) is 20.3 Å². The van der Waals surface area contributed by atoms with Crippen LogP contribution in [0.2, 0.25) is 0 Å². The fourth-order valence-corrected chi connectivity index (χ4v) is 1.38. The van der Waals surface area contributed by atoms with Gasteiger partial charge in [-0.25, -0.2) is 0 Å². The van der Waals surface area contributed by atoms with Gasteiger partial charge in [0.25, 0.3) is 0 Å². The van der Waals surface area contributed by atoms with Crippen LogP contribution in [0.4, 0.5) is 0 Å². The molecule has 0 fully saturated rings. The Kier molecular flexibility index (Phi) is 6.55. The molecule has 0 saturated carbocycles. The van der Waals surface area contributed by atoms with Gasteiger partial charge in [-0.2, -0.15) is 0 Å². The van der Waals surface area contributed by atoms with Crippen molar-refractivity contribution in [1.29, 1.82) is 0 Å². The van der Waals surface area contributed by atoms with E-state index in [0.717, 1.165) is 0 Å². The Labute approximate surface area is 97.3 Å². The van der Waals surface area contributed by atoms with Gasteiger partial charge in [0.15, 0.2) is 0 Å². The average molecular weight is 232 g/mol. The molecule has 0 aromatic heterocycles. The molecule has 96 valence electrons. The molecule has 0 aromatic rings. The maximum Gasteiger partial charge on any atom is 0.239 e. The van der Waals surface area contributed by atoms with Crippen molar-refractivity contribution in [2.45, 2.75) is 39.3 Å². The molecule has 16 heavy (non-hydrogen) atoms. The minimum absolute atomic E-state index is 0.0405. The second-order valence-electron chi connectivity index (χ2n) is 5.23. The smallest absolute Gasteiger partial charge is 0.239 e. The molecule has 4 N–H and O–H groups in total. The fourth-order valence-electron chi connectivity index (χ4n) is 1.38. The summed E-state index contributed by atoms with van der Waals surface area (Å²) in [6.45, 7) is 6.52. The highest BCUT2D eigenvalue weighted by Gasteiger charge is 2.18. The summed E-state index contributed by atoms with van der Waals surface area (Å²) in [6.07, 6.45) is 0.0889. The lowest BCUT2D eigenvalue weighted by Crippen LogP contribution is -2.46. The van der Waals surface area contributed by atoms with E-state index in [1.165, 1.54) is 7.11 Å². The Morgan fingerprint density at radius 3 is 2.50 bits per heavy atom. The summed E-state index contributed by atoms with van der Waals surface area (Å²) in [5.41, 5.74) is 5.56. The SMILES string of the molecule is COCC(N)C(=O)NCC(O)CC(C)(C)C. The molecule has 0 heterocycles. The fraction of sp³-hybridized carbons (Fsp3) is 0.909. The molecule has 0 aliphatic carbocycles. The maximum atomic E-state index is 11.4. The molecular formula is C11H24N2O3. The number of aliphatic hydroxyl groups is 1. The number of rotatable bonds is 6. The molecule has 5 heteroatoms. The van der Waals surface area contributed by atoms with Crippen LogP contribution in [0.25, 0.3) is 0 Å². The highest BCUT2D eigenvalue weighted by atomic mass is 16.5. The van der Waals surface area contributed by atoms with Crippen molar-refractivity contribution >= 4 is 5.91 Å². The summed E-state index contributed by atoms with van der Waals surface area (Å²) in [5, 5.41) is 12.3. The van der Waals surface area contributed by atoms with E-state index in [1.54, 1.807) is 0 Å². The quantitative estimate of drug-likeness (QED) is 0.596. The molecule has 0 bridgehead atoms. The van der Waals surface area contributed by atoms with E-state index < -0.39 is 12.1 Å². The van der Waals surface area contributed by atoms with Crippen molar-refractivity contribution in [2.24, 2.45) is 11.1 Å². The lowest BCUT2D eigenvalue weighted by Gasteiger charge is -2.23. The van der Waals surface area contributed by atoms with E-state index in [4.69, 9.17) is 10.5 Å². The van der Waals surface area contributed by atoms with Crippen LogP contribution >= 0.6 is 0 Å². The molecule has 5 nitrogen and oxygen atoms in total. The molecule has 0 rings (SSSR count). The zero-order chi connectivity index (χ0) is 12.8. The van der Waals surface area contributed by atoms with Crippen molar-refractivity contribution in [3.05, 3.63) is 0 Å². The van der Waals surface area contributed by atoms with Gasteiger partial charge in [-0.1, -0.05) is 20.8 Å². The first-order valence-electron chi connectivity index (χ1n) is 5.46. The summed E-state index contributed by atoms with van der Waals surface area (Å²) in [6, 6.07) is -0.674. The number of aliphatic hydroxyl groups excluding tert-OH is 1. The van der Waals surface area contributed by atoms with Gasteiger partial charge >= 0.3 is 0 Å². The number of nitrogens with one attached hydrogen (secondary N) is 1. The normalized spacial score (nSPS) is 15.6. The van der Waals surface area contributed by atoms with Crippen LogP contribution in [0, 0.1) is 5.41 Å². The standard InChI is InChI=1S/C11H24N2O3/c1-11(2,3)5-8(14)6-13-10(15)9(12)7-16-4/h8-9,14H,5-7,12H2,1-4H3,(H,13,15). The molecule has 0 aromatic carbocycles. The van der Waals surface area contributed by atoms with Crippen LogP contribution in [0.3, 0.4) is 0 Å². The van der Waals surface area contributed by atoms with Gasteiger partial charge in [0, 0.05) is 13.7 Å². The average Bonchev–Trinajstić information content (AvgIpc) is 2.11. The van der Waals surface area contributed by atoms with Crippen LogP contribution in [-0.4, -0.2) is 43.4 Å². The Bertz CT molecular complexity index is 214. The largest absolute Gasteiger partial charge is 0.391 e. The second kappa shape index (κ2) is 6.83. The van der Waals surface area contributed by atoms with Crippen molar-refractivity contribution in [3.63, 3.8) is 0 Å². The number of amides is 1. The predicted molar refractivity (Wildman–Crippen MR) is 62.9 cm³/mol. The van der Waals surface area contributed by atoms with E-state index in [1.807, 2.05) is 20.8 Å². The van der Waals surface area contributed by atoms with Crippen molar-refractivity contribution in [1.82, 2.24) is 5.32 Å². The molecule has 0 aliphatic heterocycles. The number of hydrogen-bond donors (Lipinski definition) is 3. The molecule has 0 radical (unpaired) electrons. The summed E-state index contributed by atoms with van der Waals surface area (Å²) in [5.74, 6) is -0.296. The minimum Gasteiger partial charge on any atom is -0.391 e. The number of carbonyl (C=O) groups is 1. The molecule has 0 aliphatic rings. The van der Waals surface area contributed by atoms with E-state index >= 15 is 0 Å². The zero-order valence-electron chi connectivity index (χ0n) is 10.6. The molecule has 2 atom stereocenters. The lowest BCUT2D eigenvalue weighted by atomic mass is 9.89. The van der Waals surface area contributed by atoms with E-state index in [-0.39, 0.29) is 24.5 Å². The van der Waals surface area contributed by atoms with Crippen molar-refractivity contribution < 1.29 is 14.6 Å². The Balaban J connectivity index is 3.83. The third kappa shape index (κ3) is 7.62. The van der Waals surface area contributed by atoms with E-state index in [0.29, 0.717) is 6.42 Å². The summed E-state index contributed by atoms with van der Waals surface area (Å²) >= 11 is 0. The Morgan fingerprint density at radius 1 is 1.50 bits per heavy atom. The first-order valence-corrected chi connectivity index (χ1v) is 5.46. The number of ether oxygens (including phenoxy) is 1. The predicted octanol–water partition coefficient (Wildman–Crippen LogP) is -0.127. The first kappa shape index (κ1) is 15.3. The summed E-state index contributed by atoms with van der Waals surface area (Å²) < 4.78 is 4.76. The maximum absolute atomic E-state index is 11.4. The molecular weight excluding hydrogens is 208 g/mol. The van der Waals surface area contributed by atoms with Crippen LogP contribution < -0.4 is 11.1 Å². The van der Waals surface area contributed by atoms with Crippen LogP contribution in [0.5, 0.6) is 0 Å². The van der Waals surface area contributed by atoms with Crippen LogP contribution in [0.1, 0.15) is 27.2 Å². The van der Waals surface area contributed by atoms with Crippen molar-refractivity contribution in [3.8, 4) is 0 Å². The van der Waals surface area contributed by atoms with Gasteiger partial charge in [-0.05, 0) is 11.8 Å². The Morgan fingerprint density at radius 2 is 2.06 bits per heavy atom. The van der Waals surface area contributed by atoms with Gasteiger partial charge in [0.05, 0.1) is 12.7 Å². The summed E-state index contributed by atoms with van der Waals surface area (Å²) in [4.78, 5) is 11.4. The zero-order valence-corrected chi connectivity index (χ0v) is 10.6. The van der Waals surface area contributed by atoms with Gasteiger partial charge < -0.3 is 20.9 Å². The molecule has 1 amide bonds. The number of methoxy groups -OCH3 is 1. The summed E-state index contributed by atoms with van der Waals surface area (Å²) in [7, 11) is 1.49. The third-order valence-electron chi connectivity index (χ3n) is 2.04. The number of nitrogens with two attached hydrogens (primary N) is 1. The second-order valence-corrected chi connectivity index (χ2v) is 5.23. The van der Waals surface area contributed by atoms with Crippen LogP contribution in [0.15, 0.2) is 0 Å². The van der Waals surface area contributed by atoms with E-state index in [2.05, 4.69) is 5.32 Å². The number of hydrogen-bond acceptors (Lipinski definition) is 4. The first-order chi connectivity index (χ1) is 7.26. The van der Waals surface area contributed by atoms with Gasteiger partial charge in [-0.15, -0.1) is 0 Å². The van der Waals surface area contributed by atoms with Gasteiger partial charge in [0.1, 0.15) is 6.04 Å². The highest BCUT2D eigenvalue weighted by molar-refractivity contribution is 5.81. The molecule has 2 unspecified atom stereocenters. The topological polar surface area (TPSA) is 84.6 Å². The van der Waals surface area contributed by atoms with Gasteiger partial charge in [0.2, 0.25) is 5.91 Å². The number of carbonyl (C=O) groups excluding carboxylic acids is 1.